The molecule has 5 nitrogen and oxygen atoms in total. The third kappa shape index (κ3) is 2.05. The van der Waals surface area contributed by atoms with Crippen LogP contribution in [0.4, 0.5) is 5.69 Å². The highest BCUT2D eigenvalue weighted by Gasteiger charge is 2.03. The quantitative estimate of drug-likeness (QED) is 0.667. The van der Waals surface area contributed by atoms with E-state index in [1.54, 1.807) is 18.2 Å². The van der Waals surface area contributed by atoms with Crippen LogP contribution >= 0.6 is 0 Å². The lowest BCUT2D eigenvalue weighted by atomic mass is 10.2. The minimum Gasteiger partial charge on any atom is -0.320 e. The summed E-state index contributed by atoms with van der Waals surface area (Å²) in [7, 11) is 0. The maximum Gasteiger partial charge on any atom is 0.272 e. The van der Waals surface area contributed by atoms with Crippen LogP contribution in [-0.4, -0.2) is 13.7 Å². The van der Waals surface area contributed by atoms with Crippen molar-refractivity contribution in [1.29, 1.82) is 0 Å². The molecule has 78 valence electrons. The highest BCUT2D eigenvalue weighted by molar-refractivity contribution is 7.80. The summed E-state index contributed by atoms with van der Waals surface area (Å²) in [6, 6.07) is 8.71. The Morgan fingerprint density at radius 3 is 2.80 bits per heavy atom. The first-order valence-corrected chi connectivity index (χ1v) is 5.27. The van der Waals surface area contributed by atoms with Crippen LogP contribution in [0.2, 0.25) is 0 Å². The molecule has 0 spiro atoms. The number of fused-ring (bicyclic) bond motifs is 1. The van der Waals surface area contributed by atoms with E-state index in [0.29, 0.717) is 5.52 Å². The Balaban J connectivity index is 2.62. The Kier molecular flexibility index (Phi) is 2.53. The molecular formula is C9H8N2O3S. The lowest BCUT2D eigenvalue weighted by Crippen LogP contribution is -2.15. The number of aromatic amines is 1. The fraction of sp³-hybridized carbons (Fsp3) is 0. The van der Waals surface area contributed by atoms with Gasteiger partial charge in [-0.1, -0.05) is 18.2 Å². The molecule has 1 atom stereocenters. The molecule has 1 unspecified atom stereocenters. The van der Waals surface area contributed by atoms with E-state index in [2.05, 4.69) is 9.71 Å². The topological polar surface area (TPSA) is 82.2 Å². The van der Waals surface area contributed by atoms with Crippen molar-refractivity contribution in [3.05, 3.63) is 40.7 Å². The second-order valence-corrected chi connectivity index (χ2v) is 3.65. The molecule has 2 rings (SSSR count). The first-order chi connectivity index (χ1) is 7.16. The van der Waals surface area contributed by atoms with Gasteiger partial charge in [-0.15, -0.1) is 0 Å². The largest absolute Gasteiger partial charge is 0.320 e. The Hall–Kier alpha value is -1.66. The minimum atomic E-state index is -2.24. The highest BCUT2D eigenvalue weighted by atomic mass is 32.2. The fourth-order valence-corrected chi connectivity index (χ4v) is 1.66. The van der Waals surface area contributed by atoms with Gasteiger partial charge in [0.1, 0.15) is 5.69 Å². The van der Waals surface area contributed by atoms with Gasteiger partial charge in [-0.25, -0.2) is 4.21 Å². The summed E-state index contributed by atoms with van der Waals surface area (Å²) >= 11 is -2.24. The number of aromatic nitrogens is 1. The molecule has 0 amide bonds. The van der Waals surface area contributed by atoms with Gasteiger partial charge in [-0.2, -0.15) is 0 Å². The lowest BCUT2D eigenvalue weighted by Gasteiger charge is -2.02. The lowest BCUT2D eigenvalue weighted by molar-refractivity contribution is 0.570. The molecule has 0 saturated carbocycles. The average Bonchev–Trinajstić information content (AvgIpc) is 2.18. The molecule has 15 heavy (non-hydrogen) atoms. The molecule has 3 N–H and O–H groups in total. The predicted octanol–water partition coefficient (Wildman–Crippen LogP) is 1.08. The maximum absolute atomic E-state index is 11.4. The van der Waals surface area contributed by atoms with Crippen LogP contribution in [0.25, 0.3) is 10.9 Å². The number of nitrogens with one attached hydrogen (secondary N) is 2. The molecule has 2 aromatic rings. The van der Waals surface area contributed by atoms with Crippen molar-refractivity contribution in [3.8, 4) is 0 Å². The number of benzene rings is 1. The zero-order valence-corrected chi connectivity index (χ0v) is 8.38. The van der Waals surface area contributed by atoms with E-state index in [4.69, 9.17) is 4.55 Å². The number of pyridine rings is 1. The van der Waals surface area contributed by atoms with Gasteiger partial charge >= 0.3 is 0 Å². The maximum atomic E-state index is 11.4. The van der Waals surface area contributed by atoms with Crippen molar-refractivity contribution in [1.82, 2.24) is 4.98 Å². The van der Waals surface area contributed by atoms with Crippen LogP contribution in [0.1, 0.15) is 0 Å². The Labute approximate surface area is 87.6 Å². The molecule has 1 aromatic heterocycles. The second kappa shape index (κ2) is 3.84. The molecule has 0 saturated heterocycles. The minimum absolute atomic E-state index is 0.0783. The van der Waals surface area contributed by atoms with Gasteiger partial charge in [-0.3, -0.25) is 14.1 Å². The normalized spacial score (nSPS) is 12.6. The van der Waals surface area contributed by atoms with E-state index in [1.165, 1.54) is 6.07 Å². The highest BCUT2D eigenvalue weighted by Crippen LogP contribution is 2.12. The van der Waals surface area contributed by atoms with Crippen molar-refractivity contribution in [2.45, 2.75) is 0 Å². The summed E-state index contributed by atoms with van der Waals surface area (Å²) in [6.07, 6.45) is 0. The van der Waals surface area contributed by atoms with Crippen molar-refractivity contribution in [3.63, 3.8) is 0 Å². The first kappa shape index (κ1) is 9.88. The molecule has 6 heteroatoms. The molecule has 0 aliphatic heterocycles. The number of para-hydroxylation sites is 1. The van der Waals surface area contributed by atoms with Gasteiger partial charge in [0.25, 0.3) is 16.8 Å². The number of hydrogen-bond donors (Lipinski definition) is 3. The van der Waals surface area contributed by atoms with E-state index >= 15 is 0 Å². The molecule has 0 radical (unpaired) electrons. The van der Waals surface area contributed by atoms with Crippen molar-refractivity contribution in [2.75, 3.05) is 4.72 Å². The number of anilines is 1. The Morgan fingerprint density at radius 2 is 2.07 bits per heavy atom. The van der Waals surface area contributed by atoms with E-state index < -0.39 is 16.8 Å². The summed E-state index contributed by atoms with van der Waals surface area (Å²) in [4.78, 5) is 14.0. The van der Waals surface area contributed by atoms with Crippen LogP contribution in [-0.2, 0) is 11.3 Å². The van der Waals surface area contributed by atoms with Gasteiger partial charge in [0, 0.05) is 10.9 Å². The van der Waals surface area contributed by atoms with Crippen molar-refractivity contribution in [2.24, 2.45) is 0 Å². The van der Waals surface area contributed by atoms with Crippen LogP contribution < -0.4 is 10.3 Å². The third-order valence-corrected chi connectivity index (χ3v) is 2.35. The van der Waals surface area contributed by atoms with Gasteiger partial charge in [0.05, 0.1) is 0 Å². The van der Waals surface area contributed by atoms with E-state index in [-0.39, 0.29) is 5.69 Å². The molecule has 0 bridgehead atoms. The average molecular weight is 224 g/mol. The summed E-state index contributed by atoms with van der Waals surface area (Å²) in [5.41, 5.74) is 0.349. The van der Waals surface area contributed by atoms with Gasteiger partial charge in [-0.05, 0) is 12.1 Å². The zero-order valence-electron chi connectivity index (χ0n) is 7.56. The van der Waals surface area contributed by atoms with Crippen LogP contribution in [0.5, 0.6) is 0 Å². The first-order valence-electron chi connectivity index (χ1n) is 4.16. The molecular weight excluding hydrogens is 216 g/mol. The van der Waals surface area contributed by atoms with Gasteiger partial charge < -0.3 is 4.98 Å². The summed E-state index contributed by atoms with van der Waals surface area (Å²) in [5.74, 6) is 0. The summed E-state index contributed by atoms with van der Waals surface area (Å²) in [5, 5.41) is 0.796. The zero-order chi connectivity index (χ0) is 10.8. The summed E-state index contributed by atoms with van der Waals surface area (Å²) in [6.45, 7) is 0. The number of H-pyrrole nitrogens is 1. The number of hydrogen-bond acceptors (Lipinski definition) is 2. The van der Waals surface area contributed by atoms with Crippen molar-refractivity contribution < 1.29 is 8.76 Å². The Morgan fingerprint density at radius 1 is 1.33 bits per heavy atom. The smallest absolute Gasteiger partial charge is 0.272 e. The Bertz CT molecular complexity index is 579. The van der Waals surface area contributed by atoms with Gasteiger partial charge in [0.2, 0.25) is 0 Å². The molecule has 1 aromatic carbocycles. The number of rotatable bonds is 2. The molecule has 0 aliphatic carbocycles. The standard InChI is InChI=1S/C9H8N2O3S/c12-9-8(11-15(13)14)5-6-3-1-2-4-7(6)10-9/h1-5,11H,(H,10,12)(H,13,14). The van der Waals surface area contributed by atoms with Crippen LogP contribution in [0.15, 0.2) is 35.1 Å². The van der Waals surface area contributed by atoms with Crippen LogP contribution in [0, 0.1) is 0 Å². The van der Waals surface area contributed by atoms with E-state index in [9.17, 15) is 9.00 Å². The molecule has 1 heterocycles. The second-order valence-electron chi connectivity index (χ2n) is 2.95. The van der Waals surface area contributed by atoms with Gasteiger partial charge in [0.15, 0.2) is 0 Å². The predicted molar refractivity (Wildman–Crippen MR) is 59.0 cm³/mol. The summed E-state index contributed by atoms with van der Waals surface area (Å²) < 4.78 is 21.3. The SMILES string of the molecule is O=c1[nH]c2ccccc2cc1NS(=O)O. The van der Waals surface area contributed by atoms with E-state index in [0.717, 1.165) is 5.39 Å². The molecule has 0 aliphatic rings. The third-order valence-electron chi connectivity index (χ3n) is 1.95. The monoisotopic (exact) mass is 224 g/mol. The fourth-order valence-electron chi connectivity index (χ4n) is 1.32. The van der Waals surface area contributed by atoms with Crippen molar-refractivity contribution >= 4 is 27.9 Å². The molecule has 0 fully saturated rings. The van der Waals surface area contributed by atoms with E-state index in [1.807, 2.05) is 6.07 Å². The van der Waals surface area contributed by atoms with Crippen LogP contribution in [0.3, 0.4) is 0 Å².